The fourth-order valence-corrected chi connectivity index (χ4v) is 3.27. The van der Waals surface area contributed by atoms with E-state index in [0.717, 1.165) is 24.8 Å². The standard InChI is InChI=1S/C14H15IO2/c15-10-3-1-9(2-4-10)7-13(16)12-8-11-5-6-14(12)17-11/h1-4,11-12,14H,5-8H2. The number of ether oxygens (including phenoxy) is 1. The Bertz CT molecular complexity index is 426. The van der Waals surface area contributed by atoms with Gasteiger partial charge in [0, 0.05) is 15.9 Å². The molecule has 3 heteroatoms. The maximum Gasteiger partial charge on any atom is 0.143 e. The van der Waals surface area contributed by atoms with Crippen LogP contribution in [0.1, 0.15) is 24.8 Å². The number of ketones is 1. The molecular formula is C14H15IO2. The molecule has 0 saturated carbocycles. The molecule has 2 fully saturated rings. The van der Waals surface area contributed by atoms with Gasteiger partial charge in [-0.05, 0) is 59.5 Å². The summed E-state index contributed by atoms with van der Waals surface area (Å²) in [4.78, 5) is 12.2. The Morgan fingerprint density at radius 1 is 1.29 bits per heavy atom. The van der Waals surface area contributed by atoms with Gasteiger partial charge in [0.05, 0.1) is 12.2 Å². The van der Waals surface area contributed by atoms with Gasteiger partial charge in [-0.25, -0.2) is 0 Å². The first-order chi connectivity index (χ1) is 8.22. The van der Waals surface area contributed by atoms with Gasteiger partial charge >= 0.3 is 0 Å². The van der Waals surface area contributed by atoms with E-state index in [2.05, 4.69) is 34.7 Å². The van der Waals surface area contributed by atoms with E-state index in [1.165, 1.54) is 3.57 Å². The first-order valence-corrected chi connectivity index (χ1v) is 7.23. The summed E-state index contributed by atoms with van der Waals surface area (Å²) >= 11 is 2.28. The van der Waals surface area contributed by atoms with Gasteiger partial charge < -0.3 is 4.74 Å². The molecule has 1 aromatic rings. The zero-order valence-electron chi connectivity index (χ0n) is 9.56. The third kappa shape index (κ3) is 2.40. The lowest BCUT2D eigenvalue weighted by molar-refractivity contribution is -0.123. The van der Waals surface area contributed by atoms with Crippen LogP contribution in [-0.4, -0.2) is 18.0 Å². The number of fused-ring (bicyclic) bond motifs is 2. The number of benzene rings is 1. The number of Topliss-reactive ketones (excluding diaryl/α,β-unsaturated/α-hetero) is 1. The van der Waals surface area contributed by atoms with E-state index in [1.807, 2.05) is 12.1 Å². The maximum atomic E-state index is 12.2. The number of carbonyl (C=O) groups is 1. The zero-order chi connectivity index (χ0) is 11.8. The minimum Gasteiger partial charge on any atom is -0.374 e. The fourth-order valence-electron chi connectivity index (χ4n) is 2.91. The Labute approximate surface area is 115 Å². The molecule has 90 valence electrons. The zero-order valence-corrected chi connectivity index (χ0v) is 11.7. The van der Waals surface area contributed by atoms with Crippen molar-refractivity contribution in [2.75, 3.05) is 0 Å². The molecule has 2 aliphatic rings. The molecule has 0 amide bonds. The number of halogens is 1. The second-order valence-corrected chi connectivity index (χ2v) is 6.23. The topological polar surface area (TPSA) is 26.3 Å². The lowest BCUT2D eigenvalue weighted by Crippen LogP contribution is -2.26. The number of hydrogen-bond donors (Lipinski definition) is 0. The Morgan fingerprint density at radius 3 is 2.65 bits per heavy atom. The van der Waals surface area contributed by atoms with Crippen LogP contribution in [0, 0.1) is 9.49 Å². The van der Waals surface area contributed by atoms with Crippen molar-refractivity contribution in [1.82, 2.24) is 0 Å². The molecule has 0 aromatic heterocycles. The number of rotatable bonds is 3. The van der Waals surface area contributed by atoms with Gasteiger partial charge in [-0.2, -0.15) is 0 Å². The Kier molecular flexibility index (Phi) is 3.21. The van der Waals surface area contributed by atoms with Crippen LogP contribution < -0.4 is 0 Å². The minimum atomic E-state index is 0.160. The summed E-state index contributed by atoms with van der Waals surface area (Å²) in [6, 6.07) is 8.21. The van der Waals surface area contributed by atoms with Gasteiger partial charge in [0.1, 0.15) is 5.78 Å². The van der Waals surface area contributed by atoms with Crippen molar-refractivity contribution < 1.29 is 9.53 Å². The molecule has 2 heterocycles. The smallest absolute Gasteiger partial charge is 0.143 e. The fraction of sp³-hybridized carbons (Fsp3) is 0.500. The van der Waals surface area contributed by atoms with E-state index in [9.17, 15) is 4.79 Å². The summed E-state index contributed by atoms with van der Waals surface area (Å²) in [6.45, 7) is 0. The maximum absolute atomic E-state index is 12.2. The molecule has 0 N–H and O–H groups in total. The van der Waals surface area contributed by atoms with Crippen molar-refractivity contribution in [2.45, 2.75) is 37.9 Å². The second-order valence-electron chi connectivity index (χ2n) is 4.99. The van der Waals surface area contributed by atoms with Gasteiger partial charge in [0.2, 0.25) is 0 Å². The Hall–Kier alpha value is -0.420. The van der Waals surface area contributed by atoms with Crippen LogP contribution in [0.25, 0.3) is 0 Å². The lowest BCUT2D eigenvalue weighted by Gasteiger charge is -2.17. The van der Waals surface area contributed by atoms with E-state index in [4.69, 9.17) is 4.74 Å². The van der Waals surface area contributed by atoms with E-state index in [0.29, 0.717) is 18.3 Å². The lowest BCUT2D eigenvalue weighted by atomic mass is 9.84. The Morgan fingerprint density at radius 2 is 2.06 bits per heavy atom. The summed E-state index contributed by atoms with van der Waals surface area (Å²) < 4.78 is 6.95. The van der Waals surface area contributed by atoms with Crippen LogP contribution in [0.2, 0.25) is 0 Å². The van der Waals surface area contributed by atoms with Crippen molar-refractivity contribution >= 4 is 28.4 Å². The van der Waals surface area contributed by atoms with Crippen LogP contribution >= 0.6 is 22.6 Å². The minimum absolute atomic E-state index is 0.160. The highest BCUT2D eigenvalue weighted by Gasteiger charge is 2.43. The molecule has 0 aliphatic carbocycles. The molecule has 2 saturated heterocycles. The summed E-state index contributed by atoms with van der Waals surface area (Å²) in [5.41, 5.74) is 1.12. The third-order valence-corrected chi connectivity index (χ3v) is 4.53. The number of hydrogen-bond acceptors (Lipinski definition) is 2. The normalized spacial score (nSPS) is 30.8. The molecule has 0 spiro atoms. The first-order valence-electron chi connectivity index (χ1n) is 6.15. The average Bonchev–Trinajstić information content (AvgIpc) is 2.94. The molecule has 3 rings (SSSR count). The summed E-state index contributed by atoms with van der Waals surface area (Å²) in [6.07, 6.45) is 4.33. The molecule has 2 aliphatic heterocycles. The molecule has 3 atom stereocenters. The van der Waals surface area contributed by atoms with Crippen LogP contribution in [0.4, 0.5) is 0 Å². The van der Waals surface area contributed by atoms with Crippen molar-refractivity contribution in [3.8, 4) is 0 Å². The molecular weight excluding hydrogens is 327 g/mol. The van der Waals surface area contributed by atoms with Gasteiger partial charge in [-0.1, -0.05) is 12.1 Å². The van der Waals surface area contributed by atoms with Crippen molar-refractivity contribution in [1.29, 1.82) is 0 Å². The average molecular weight is 342 g/mol. The van der Waals surface area contributed by atoms with Crippen molar-refractivity contribution in [3.63, 3.8) is 0 Å². The number of carbonyl (C=O) groups excluding carboxylic acids is 1. The second kappa shape index (κ2) is 4.69. The van der Waals surface area contributed by atoms with Crippen molar-refractivity contribution in [2.24, 2.45) is 5.92 Å². The Balaban J connectivity index is 1.65. The summed E-state index contributed by atoms with van der Waals surface area (Å²) in [7, 11) is 0. The molecule has 1 aromatic carbocycles. The molecule has 0 radical (unpaired) electrons. The molecule has 3 unspecified atom stereocenters. The van der Waals surface area contributed by atoms with E-state index in [1.54, 1.807) is 0 Å². The van der Waals surface area contributed by atoms with Crippen LogP contribution in [0.15, 0.2) is 24.3 Å². The molecule has 17 heavy (non-hydrogen) atoms. The third-order valence-electron chi connectivity index (χ3n) is 3.81. The highest BCUT2D eigenvalue weighted by molar-refractivity contribution is 14.1. The van der Waals surface area contributed by atoms with Crippen LogP contribution in [0.3, 0.4) is 0 Å². The van der Waals surface area contributed by atoms with Gasteiger partial charge in [0.25, 0.3) is 0 Å². The van der Waals surface area contributed by atoms with Crippen molar-refractivity contribution in [3.05, 3.63) is 33.4 Å². The van der Waals surface area contributed by atoms with Gasteiger partial charge in [-0.15, -0.1) is 0 Å². The predicted molar refractivity (Wildman–Crippen MR) is 73.9 cm³/mol. The van der Waals surface area contributed by atoms with Gasteiger partial charge in [-0.3, -0.25) is 4.79 Å². The highest BCUT2D eigenvalue weighted by atomic mass is 127. The summed E-state index contributed by atoms with van der Waals surface area (Å²) in [5, 5.41) is 0. The highest BCUT2D eigenvalue weighted by Crippen LogP contribution is 2.39. The predicted octanol–water partition coefficient (Wildman–Crippen LogP) is 2.97. The first kappa shape index (κ1) is 11.7. The quantitative estimate of drug-likeness (QED) is 0.790. The van der Waals surface area contributed by atoms with Crippen LogP contribution in [-0.2, 0) is 16.0 Å². The van der Waals surface area contributed by atoms with E-state index >= 15 is 0 Å². The molecule has 2 bridgehead atoms. The SMILES string of the molecule is O=C(Cc1ccc(I)cc1)C1CC2CCC1O2. The van der Waals surface area contributed by atoms with E-state index < -0.39 is 0 Å². The van der Waals surface area contributed by atoms with Crippen LogP contribution in [0.5, 0.6) is 0 Å². The molecule has 2 nitrogen and oxygen atoms in total. The largest absolute Gasteiger partial charge is 0.374 e. The summed E-state index contributed by atoms with van der Waals surface area (Å²) in [5.74, 6) is 0.520. The monoisotopic (exact) mass is 342 g/mol. The van der Waals surface area contributed by atoms with E-state index in [-0.39, 0.29) is 12.0 Å². The van der Waals surface area contributed by atoms with Gasteiger partial charge in [0.15, 0.2) is 0 Å².